The molecule has 0 spiro atoms. The number of nitro groups is 1. The first-order chi connectivity index (χ1) is 8.75. The summed E-state index contributed by atoms with van der Waals surface area (Å²) in [7, 11) is 0. The molecule has 94 valence electrons. The second kappa shape index (κ2) is 4.36. The van der Waals surface area contributed by atoms with E-state index in [2.05, 4.69) is 14.5 Å². The Kier molecular flexibility index (Phi) is 2.70. The van der Waals surface area contributed by atoms with Crippen molar-refractivity contribution in [3.05, 3.63) is 28.7 Å². The summed E-state index contributed by atoms with van der Waals surface area (Å²) < 4.78 is 2.07. The number of hydrogen-bond acceptors (Lipinski definition) is 4. The summed E-state index contributed by atoms with van der Waals surface area (Å²) in [6, 6.07) is 1.93. The zero-order valence-corrected chi connectivity index (χ0v) is 9.95. The van der Waals surface area contributed by atoms with Crippen LogP contribution >= 0.6 is 0 Å². The Labute approximate surface area is 104 Å². The molecule has 0 aliphatic heterocycles. The summed E-state index contributed by atoms with van der Waals surface area (Å²) in [5.74, 6) is 0. The molecular formula is C12H14N4O2. The van der Waals surface area contributed by atoms with E-state index >= 15 is 0 Å². The Morgan fingerprint density at radius 1 is 1.28 bits per heavy atom. The normalized spacial score (nSPS) is 17.1. The number of rotatable bonds is 2. The molecule has 0 N–H and O–H groups in total. The molecule has 0 unspecified atom stereocenters. The van der Waals surface area contributed by atoms with E-state index in [9.17, 15) is 10.1 Å². The van der Waals surface area contributed by atoms with Gasteiger partial charge in [-0.2, -0.15) is 0 Å². The van der Waals surface area contributed by atoms with Gasteiger partial charge < -0.3 is 4.57 Å². The van der Waals surface area contributed by atoms with Gasteiger partial charge in [-0.05, 0) is 12.8 Å². The summed E-state index contributed by atoms with van der Waals surface area (Å²) in [6.45, 7) is 0. The molecule has 3 rings (SSSR count). The molecule has 18 heavy (non-hydrogen) atoms. The maximum Gasteiger partial charge on any atom is 0.289 e. The molecule has 0 radical (unpaired) electrons. The number of pyridine rings is 1. The number of fused-ring (bicyclic) bond motifs is 1. The van der Waals surface area contributed by atoms with Crippen molar-refractivity contribution in [1.29, 1.82) is 0 Å². The van der Waals surface area contributed by atoms with Crippen molar-refractivity contribution in [2.75, 3.05) is 0 Å². The predicted octanol–water partition coefficient (Wildman–Crippen LogP) is 2.84. The third kappa shape index (κ3) is 1.83. The third-order valence-electron chi connectivity index (χ3n) is 3.58. The minimum atomic E-state index is -0.438. The monoisotopic (exact) mass is 246 g/mol. The largest absolute Gasteiger partial charge is 0.312 e. The van der Waals surface area contributed by atoms with Crippen LogP contribution < -0.4 is 0 Å². The van der Waals surface area contributed by atoms with Gasteiger partial charge in [0, 0.05) is 12.1 Å². The molecule has 1 fully saturated rings. The van der Waals surface area contributed by atoms with Crippen LogP contribution in [-0.2, 0) is 0 Å². The van der Waals surface area contributed by atoms with Crippen molar-refractivity contribution < 1.29 is 4.92 Å². The lowest BCUT2D eigenvalue weighted by molar-refractivity contribution is -0.385. The van der Waals surface area contributed by atoms with Crippen molar-refractivity contribution >= 4 is 16.9 Å². The summed E-state index contributed by atoms with van der Waals surface area (Å²) in [4.78, 5) is 18.7. The molecule has 2 aromatic heterocycles. The Bertz CT molecular complexity index is 587. The topological polar surface area (TPSA) is 73.8 Å². The van der Waals surface area contributed by atoms with E-state index in [0.29, 0.717) is 11.6 Å². The van der Waals surface area contributed by atoms with E-state index < -0.39 is 4.92 Å². The molecule has 1 aliphatic carbocycles. The van der Waals surface area contributed by atoms with E-state index in [1.165, 1.54) is 31.5 Å². The van der Waals surface area contributed by atoms with Crippen LogP contribution in [0, 0.1) is 10.1 Å². The van der Waals surface area contributed by atoms with Crippen LogP contribution in [0.25, 0.3) is 11.2 Å². The lowest BCUT2D eigenvalue weighted by Gasteiger charge is -2.22. The Morgan fingerprint density at radius 3 is 2.78 bits per heavy atom. The molecule has 6 heteroatoms. The molecule has 0 saturated heterocycles. The second-order valence-corrected chi connectivity index (χ2v) is 4.74. The Hall–Kier alpha value is -1.98. The molecule has 0 aromatic carbocycles. The lowest BCUT2D eigenvalue weighted by atomic mass is 9.95. The highest BCUT2D eigenvalue weighted by molar-refractivity contribution is 5.73. The van der Waals surface area contributed by atoms with Crippen molar-refractivity contribution in [3.63, 3.8) is 0 Å². The fourth-order valence-corrected chi connectivity index (χ4v) is 2.63. The molecule has 2 heterocycles. The van der Waals surface area contributed by atoms with Crippen LogP contribution in [0.4, 0.5) is 5.69 Å². The van der Waals surface area contributed by atoms with Crippen molar-refractivity contribution in [2.45, 2.75) is 38.1 Å². The van der Waals surface area contributed by atoms with E-state index in [-0.39, 0.29) is 5.69 Å². The van der Waals surface area contributed by atoms with Crippen LogP contribution in [0.1, 0.15) is 38.1 Å². The molecular weight excluding hydrogens is 232 g/mol. The van der Waals surface area contributed by atoms with E-state index in [1.54, 1.807) is 6.33 Å². The van der Waals surface area contributed by atoms with Gasteiger partial charge in [-0.1, -0.05) is 19.3 Å². The van der Waals surface area contributed by atoms with E-state index in [1.807, 2.05) is 0 Å². The minimum Gasteiger partial charge on any atom is -0.312 e. The summed E-state index contributed by atoms with van der Waals surface area (Å²) in [6.07, 6.45) is 9.12. The zero-order valence-electron chi connectivity index (χ0n) is 9.95. The average Bonchev–Trinajstić information content (AvgIpc) is 2.82. The molecule has 6 nitrogen and oxygen atoms in total. The van der Waals surface area contributed by atoms with Crippen molar-refractivity contribution in [2.24, 2.45) is 0 Å². The van der Waals surface area contributed by atoms with Crippen molar-refractivity contribution in [1.82, 2.24) is 14.5 Å². The minimum absolute atomic E-state index is 0.00334. The quantitative estimate of drug-likeness (QED) is 0.603. The van der Waals surface area contributed by atoms with Gasteiger partial charge in [0.1, 0.15) is 11.7 Å². The Balaban J connectivity index is 2.01. The van der Waals surface area contributed by atoms with Crippen LogP contribution in [0.2, 0.25) is 0 Å². The van der Waals surface area contributed by atoms with Gasteiger partial charge in [-0.3, -0.25) is 10.1 Å². The fourth-order valence-electron chi connectivity index (χ4n) is 2.63. The summed E-state index contributed by atoms with van der Waals surface area (Å²) >= 11 is 0. The third-order valence-corrected chi connectivity index (χ3v) is 3.58. The lowest BCUT2D eigenvalue weighted by Crippen LogP contribution is -2.12. The fraction of sp³-hybridized carbons (Fsp3) is 0.500. The van der Waals surface area contributed by atoms with Crippen molar-refractivity contribution in [3.8, 4) is 0 Å². The smallest absolute Gasteiger partial charge is 0.289 e. The molecule has 0 amide bonds. The highest BCUT2D eigenvalue weighted by Crippen LogP contribution is 2.30. The number of aromatic nitrogens is 3. The molecule has 1 aliphatic rings. The van der Waals surface area contributed by atoms with Crippen LogP contribution in [0.5, 0.6) is 0 Å². The van der Waals surface area contributed by atoms with Gasteiger partial charge in [-0.25, -0.2) is 9.97 Å². The average molecular weight is 246 g/mol. The van der Waals surface area contributed by atoms with Gasteiger partial charge in [0.15, 0.2) is 5.65 Å². The molecule has 0 atom stereocenters. The van der Waals surface area contributed by atoms with Crippen LogP contribution in [0.3, 0.4) is 0 Å². The first-order valence-electron chi connectivity index (χ1n) is 6.22. The van der Waals surface area contributed by atoms with Gasteiger partial charge in [-0.15, -0.1) is 0 Å². The number of imidazole rings is 1. The summed E-state index contributed by atoms with van der Waals surface area (Å²) in [5.41, 5.74) is 1.36. The molecule has 2 aromatic rings. The highest BCUT2D eigenvalue weighted by Gasteiger charge is 2.19. The maximum absolute atomic E-state index is 10.7. The predicted molar refractivity (Wildman–Crippen MR) is 66.3 cm³/mol. The summed E-state index contributed by atoms with van der Waals surface area (Å²) in [5, 5.41) is 10.7. The first-order valence-corrected chi connectivity index (χ1v) is 6.22. The standard InChI is InChI=1S/C12H14N4O2/c17-16(18)10-6-11-12(13-7-10)15(8-14-11)9-4-2-1-3-5-9/h6-9H,1-5H2. The first kappa shape index (κ1) is 11.1. The zero-order chi connectivity index (χ0) is 12.5. The second-order valence-electron chi connectivity index (χ2n) is 4.74. The number of nitrogens with zero attached hydrogens (tertiary/aromatic N) is 4. The van der Waals surface area contributed by atoms with E-state index in [4.69, 9.17) is 0 Å². The van der Waals surface area contributed by atoms with Crippen LogP contribution in [-0.4, -0.2) is 19.5 Å². The van der Waals surface area contributed by atoms with Gasteiger partial charge in [0.05, 0.1) is 11.3 Å². The molecule has 0 bridgehead atoms. The van der Waals surface area contributed by atoms with Gasteiger partial charge in [0.2, 0.25) is 0 Å². The van der Waals surface area contributed by atoms with Gasteiger partial charge >= 0.3 is 0 Å². The van der Waals surface area contributed by atoms with E-state index in [0.717, 1.165) is 18.5 Å². The highest BCUT2D eigenvalue weighted by atomic mass is 16.6. The SMILES string of the molecule is O=[N+]([O-])c1cnc2c(c1)ncn2C1CCCCC1. The van der Waals surface area contributed by atoms with Gasteiger partial charge in [0.25, 0.3) is 5.69 Å². The maximum atomic E-state index is 10.7. The van der Waals surface area contributed by atoms with Crippen LogP contribution in [0.15, 0.2) is 18.6 Å². The molecule has 1 saturated carbocycles. The number of hydrogen-bond donors (Lipinski definition) is 0. The Morgan fingerprint density at radius 2 is 2.06 bits per heavy atom.